The van der Waals surface area contributed by atoms with Gasteiger partial charge in [0.05, 0.1) is 19.3 Å². The van der Waals surface area contributed by atoms with Gasteiger partial charge in [-0.05, 0) is 0 Å². The molecule has 10 heavy (non-hydrogen) atoms. The second-order valence-corrected chi connectivity index (χ2v) is 1.88. The molecule has 0 fully saturated rings. The van der Waals surface area contributed by atoms with E-state index in [1.807, 2.05) is 0 Å². The molecule has 1 aromatic rings. The van der Waals surface area contributed by atoms with Gasteiger partial charge in [-0.1, -0.05) is 11.3 Å². The lowest BCUT2D eigenvalue weighted by atomic mass is 10.5. The lowest BCUT2D eigenvalue weighted by molar-refractivity contribution is 0.276. The molecule has 0 aliphatic carbocycles. The summed E-state index contributed by atoms with van der Waals surface area (Å²) >= 11 is 0. The van der Waals surface area contributed by atoms with Crippen molar-refractivity contribution in [2.45, 2.75) is 13.2 Å². The maximum absolute atomic E-state index is 8.58. The van der Waals surface area contributed by atoms with Gasteiger partial charge >= 0.3 is 0 Å². The molecule has 0 aromatic carbocycles. The topological polar surface area (TPSA) is 50.9 Å². The molecular weight excluding hydrogens is 130 g/mol. The molecule has 0 unspecified atom stereocenters. The van der Waals surface area contributed by atoms with Gasteiger partial charge in [-0.2, -0.15) is 0 Å². The molecule has 4 nitrogen and oxygen atoms in total. The van der Waals surface area contributed by atoms with Gasteiger partial charge in [0.25, 0.3) is 0 Å². The number of aliphatic hydroxyl groups is 1. The van der Waals surface area contributed by atoms with Crippen molar-refractivity contribution in [2.75, 3.05) is 0 Å². The maximum atomic E-state index is 8.58. The standard InChI is InChI=1S/C6H9N3O/c1-2-3-9-4-6(5-10)7-8-9/h2,4,10H,1,3,5H2. The van der Waals surface area contributed by atoms with Crippen molar-refractivity contribution in [3.05, 3.63) is 24.5 Å². The number of hydrogen-bond acceptors (Lipinski definition) is 3. The van der Waals surface area contributed by atoms with Crippen LogP contribution in [0.15, 0.2) is 18.9 Å². The van der Waals surface area contributed by atoms with Crippen LogP contribution in [-0.4, -0.2) is 20.1 Å². The fourth-order valence-electron chi connectivity index (χ4n) is 0.632. The van der Waals surface area contributed by atoms with E-state index in [1.54, 1.807) is 17.0 Å². The molecule has 1 aromatic heterocycles. The van der Waals surface area contributed by atoms with Crippen LogP contribution in [0.1, 0.15) is 5.69 Å². The minimum absolute atomic E-state index is 0.0584. The Morgan fingerprint density at radius 3 is 3.10 bits per heavy atom. The average molecular weight is 139 g/mol. The van der Waals surface area contributed by atoms with Crippen LogP contribution in [0.2, 0.25) is 0 Å². The second-order valence-electron chi connectivity index (χ2n) is 1.88. The van der Waals surface area contributed by atoms with Gasteiger partial charge in [0.15, 0.2) is 0 Å². The third-order valence-electron chi connectivity index (χ3n) is 1.06. The molecule has 0 saturated heterocycles. The van der Waals surface area contributed by atoms with Crippen LogP contribution in [0.5, 0.6) is 0 Å². The molecule has 1 N–H and O–H groups in total. The summed E-state index contributed by atoms with van der Waals surface area (Å²) in [5.41, 5.74) is 0.585. The Labute approximate surface area is 58.8 Å². The van der Waals surface area contributed by atoms with E-state index >= 15 is 0 Å². The van der Waals surface area contributed by atoms with Crippen molar-refractivity contribution in [2.24, 2.45) is 0 Å². The number of hydrogen-bond donors (Lipinski definition) is 1. The summed E-state index contributed by atoms with van der Waals surface area (Å²) in [7, 11) is 0. The summed E-state index contributed by atoms with van der Waals surface area (Å²) in [6, 6.07) is 0. The predicted octanol–water partition coefficient (Wildman–Crippen LogP) is -0.0436. The zero-order chi connectivity index (χ0) is 7.40. The highest BCUT2D eigenvalue weighted by atomic mass is 16.3. The third kappa shape index (κ3) is 1.41. The van der Waals surface area contributed by atoms with E-state index in [9.17, 15) is 0 Å². The monoisotopic (exact) mass is 139 g/mol. The first kappa shape index (κ1) is 6.95. The molecule has 0 spiro atoms. The first-order chi connectivity index (χ1) is 4.86. The molecule has 54 valence electrons. The third-order valence-corrected chi connectivity index (χ3v) is 1.06. The van der Waals surface area contributed by atoms with Crippen LogP contribution >= 0.6 is 0 Å². The Morgan fingerprint density at radius 2 is 2.60 bits per heavy atom. The van der Waals surface area contributed by atoms with E-state index in [1.165, 1.54) is 0 Å². The fourth-order valence-corrected chi connectivity index (χ4v) is 0.632. The predicted molar refractivity (Wildman–Crippen MR) is 36.1 cm³/mol. The molecule has 0 radical (unpaired) electrons. The normalized spacial score (nSPS) is 9.70. The van der Waals surface area contributed by atoms with E-state index in [0.29, 0.717) is 12.2 Å². The number of aromatic nitrogens is 3. The molecule has 0 aliphatic rings. The van der Waals surface area contributed by atoms with E-state index < -0.39 is 0 Å². The second kappa shape index (κ2) is 3.12. The first-order valence-corrected chi connectivity index (χ1v) is 2.97. The molecule has 1 rings (SSSR count). The summed E-state index contributed by atoms with van der Waals surface area (Å²) < 4.78 is 1.61. The molecule has 1 heterocycles. The molecule has 0 bridgehead atoms. The van der Waals surface area contributed by atoms with E-state index in [-0.39, 0.29) is 6.61 Å². The SMILES string of the molecule is C=CCn1cc(CO)nn1. The lowest BCUT2D eigenvalue weighted by Crippen LogP contribution is -1.94. The van der Waals surface area contributed by atoms with Crippen LogP contribution < -0.4 is 0 Å². The molecule has 0 atom stereocenters. The number of aliphatic hydroxyl groups excluding tert-OH is 1. The van der Waals surface area contributed by atoms with Gasteiger partial charge < -0.3 is 5.11 Å². The quantitative estimate of drug-likeness (QED) is 0.597. The van der Waals surface area contributed by atoms with Crippen LogP contribution in [0.3, 0.4) is 0 Å². The van der Waals surface area contributed by atoms with E-state index in [4.69, 9.17) is 5.11 Å². The maximum Gasteiger partial charge on any atom is 0.108 e. The van der Waals surface area contributed by atoms with Crippen molar-refractivity contribution in [1.29, 1.82) is 0 Å². The number of rotatable bonds is 3. The summed E-state index contributed by atoms with van der Waals surface area (Å²) in [6.45, 7) is 4.11. The number of nitrogens with zero attached hydrogens (tertiary/aromatic N) is 3. The van der Waals surface area contributed by atoms with Crippen molar-refractivity contribution < 1.29 is 5.11 Å². The number of allylic oxidation sites excluding steroid dienone is 1. The Bertz CT molecular complexity index is 219. The van der Waals surface area contributed by atoms with Gasteiger partial charge in [-0.3, -0.25) is 0 Å². The van der Waals surface area contributed by atoms with Crippen LogP contribution in [0.4, 0.5) is 0 Å². The van der Waals surface area contributed by atoms with Crippen molar-refractivity contribution in [3.8, 4) is 0 Å². The van der Waals surface area contributed by atoms with Crippen LogP contribution in [-0.2, 0) is 13.2 Å². The molecular formula is C6H9N3O. The van der Waals surface area contributed by atoms with Gasteiger partial charge in [-0.25, -0.2) is 4.68 Å². The Hall–Kier alpha value is -1.16. The zero-order valence-corrected chi connectivity index (χ0v) is 5.56. The molecule has 0 saturated carbocycles. The van der Waals surface area contributed by atoms with Gasteiger partial charge in [0.2, 0.25) is 0 Å². The minimum atomic E-state index is -0.0584. The highest BCUT2D eigenvalue weighted by molar-refractivity contribution is 4.89. The molecule has 4 heteroatoms. The largest absolute Gasteiger partial charge is 0.390 e. The summed E-state index contributed by atoms with van der Waals surface area (Å²) in [5, 5.41) is 16.0. The molecule has 0 amide bonds. The first-order valence-electron chi connectivity index (χ1n) is 2.97. The Balaban J connectivity index is 2.67. The van der Waals surface area contributed by atoms with E-state index in [0.717, 1.165) is 0 Å². The molecule has 0 aliphatic heterocycles. The Morgan fingerprint density at radius 1 is 1.80 bits per heavy atom. The van der Waals surface area contributed by atoms with Crippen molar-refractivity contribution in [3.63, 3.8) is 0 Å². The highest BCUT2D eigenvalue weighted by Crippen LogP contribution is 1.91. The van der Waals surface area contributed by atoms with Crippen molar-refractivity contribution >= 4 is 0 Å². The fraction of sp³-hybridized carbons (Fsp3) is 0.333. The summed E-state index contributed by atoms with van der Waals surface area (Å²) in [6.07, 6.45) is 3.40. The van der Waals surface area contributed by atoms with E-state index in [2.05, 4.69) is 16.9 Å². The average Bonchev–Trinajstić information content (AvgIpc) is 2.37. The zero-order valence-electron chi connectivity index (χ0n) is 5.56. The smallest absolute Gasteiger partial charge is 0.108 e. The summed E-state index contributed by atoms with van der Waals surface area (Å²) in [5.74, 6) is 0. The van der Waals surface area contributed by atoms with Crippen LogP contribution in [0, 0.1) is 0 Å². The minimum Gasteiger partial charge on any atom is -0.390 e. The van der Waals surface area contributed by atoms with Crippen LogP contribution in [0.25, 0.3) is 0 Å². The van der Waals surface area contributed by atoms with Gasteiger partial charge in [-0.15, -0.1) is 11.7 Å². The van der Waals surface area contributed by atoms with Gasteiger partial charge in [0, 0.05) is 0 Å². The Kier molecular flexibility index (Phi) is 2.17. The lowest BCUT2D eigenvalue weighted by Gasteiger charge is -1.88. The highest BCUT2D eigenvalue weighted by Gasteiger charge is 1.94. The summed E-state index contributed by atoms with van der Waals surface area (Å²) in [4.78, 5) is 0. The van der Waals surface area contributed by atoms with Crippen molar-refractivity contribution in [1.82, 2.24) is 15.0 Å². The van der Waals surface area contributed by atoms with Gasteiger partial charge in [0.1, 0.15) is 5.69 Å².